The fourth-order valence-electron chi connectivity index (χ4n) is 0.150. The molecular formula is C4H13CaNO3. The summed E-state index contributed by atoms with van der Waals surface area (Å²) in [4.78, 5) is 0. The van der Waals surface area contributed by atoms with E-state index >= 15 is 0 Å². The molecule has 5 N–H and O–H groups in total. The van der Waals surface area contributed by atoms with Crippen molar-refractivity contribution < 1.29 is 18.2 Å². The van der Waals surface area contributed by atoms with Crippen molar-refractivity contribution >= 4 is 37.7 Å². The van der Waals surface area contributed by atoms with Gasteiger partial charge in [0.25, 0.3) is 0 Å². The first-order valence-corrected chi connectivity index (χ1v) is 2.30. The zero-order valence-corrected chi connectivity index (χ0v) is 7.46. The van der Waals surface area contributed by atoms with Crippen LogP contribution in [0.3, 0.4) is 0 Å². The van der Waals surface area contributed by atoms with Crippen LogP contribution >= 0.6 is 0 Å². The Hall–Kier alpha value is 1.10. The summed E-state index contributed by atoms with van der Waals surface area (Å²) in [5.74, 6) is 0. The Kier molecular flexibility index (Phi) is 8.29. The van der Waals surface area contributed by atoms with Crippen molar-refractivity contribution in [1.82, 2.24) is 0 Å². The maximum absolute atomic E-state index is 8.34. The van der Waals surface area contributed by atoms with Crippen molar-refractivity contribution in [3.63, 3.8) is 0 Å². The van der Waals surface area contributed by atoms with Crippen molar-refractivity contribution in [1.29, 1.82) is 0 Å². The van der Waals surface area contributed by atoms with Crippen molar-refractivity contribution in [2.24, 2.45) is 5.73 Å². The first-order chi connectivity index (χ1) is 3.68. The van der Waals surface area contributed by atoms with Gasteiger partial charge in [0, 0.05) is 0 Å². The number of aliphatic hydroxyl groups is 3. The number of hydrogen-bond donors (Lipinski definition) is 4. The van der Waals surface area contributed by atoms with Crippen molar-refractivity contribution in [2.75, 3.05) is 19.8 Å². The van der Waals surface area contributed by atoms with Gasteiger partial charge < -0.3 is 23.9 Å². The van der Waals surface area contributed by atoms with Gasteiger partial charge in [-0.15, -0.1) is 0 Å². The van der Waals surface area contributed by atoms with Gasteiger partial charge in [-0.1, -0.05) is 0 Å². The van der Waals surface area contributed by atoms with E-state index in [-0.39, 0.29) is 40.6 Å². The fraction of sp³-hybridized carbons (Fsp3) is 1.00. The number of hydrogen-bond acceptors (Lipinski definition) is 4. The molecule has 5 heteroatoms. The van der Waals surface area contributed by atoms with E-state index in [1.807, 2.05) is 0 Å². The number of aliphatic hydroxyl groups excluding tert-OH is 3. The number of nitrogens with two attached hydrogens (primary N) is 1. The molecule has 0 spiro atoms. The van der Waals surface area contributed by atoms with E-state index < -0.39 is 25.4 Å². The van der Waals surface area contributed by atoms with Crippen molar-refractivity contribution in [2.45, 2.75) is 5.54 Å². The van der Waals surface area contributed by atoms with E-state index in [1.165, 1.54) is 0 Å². The van der Waals surface area contributed by atoms with Crippen LogP contribution in [0, 0.1) is 0 Å². The van der Waals surface area contributed by atoms with E-state index in [0.717, 1.165) is 0 Å². The normalized spacial score (nSPS) is 10.7. The summed E-state index contributed by atoms with van der Waals surface area (Å²) < 4.78 is 0. The summed E-state index contributed by atoms with van der Waals surface area (Å²) in [6.45, 7) is -1.21. The predicted octanol–water partition coefficient (Wildman–Crippen LogP) is -2.49. The van der Waals surface area contributed by atoms with Crippen molar-refractivity contribution in [3.8, 4) is 0 Å². The molecule has 0 aliphatic rings. The minimum absolute atomic E-state index is 0. The van der Waals surface area contributed by atoms with E-state index in [9.17, 15) is 0 Å². The molecule has 0 rings (SSSR count). The van der Waals surface area contributed by atoms with Crippen LogP contribution in [-0.4, -0.2) is 78.4 Å². The molecule has 0 unspecified atom stereocenters. The van der Waals surface area contributed by atoms with Gasteiger partial charge in [0.1, 0.15) is 0 Å². The standard InChI is InChI=1S/C4H11NO3.Ca.2H/c5-4(1-6,2-7)3-8;;;/h6-8H,1-3,5H2;;;/q;+2;2*-1. The van der Waals surface area contributed by atoms with Gasteiger partial charge in [-0.05, 0) is 0 Å². The molecule has 0 aliphatic heterocycles. The minimum Gasteiger partial charge on any atom is -1.00 e. The van der Waals surface area contributed by atoms with Gasteiger partial charge in [-0.3, -0.25) is 0 Å². The third-order valence-electron chi connectivity index (χ3n) is 0.945. The molecule has 0 radical (unpaired) electrons. The molecule has 0 aliphatic carbocycles. The maximum atomic E-state index is 8.34. The topological polar surface area (TPSA) is 86.7 Å². The van der Waals surface area contributed by atoms with Crippen LogP contribution in [0.25, 0.3) is 0 Å². The van der Waals surface area contributed by atoms with Gasteiger partial charge in [0.2, 0.25) is 0 Å². The smallest absolute Gasteiger partial charge is 1.00 e. The Morgan fingerprint density at radius 3 is 1.33 bits per heavy atom. The van der Waals surface area contributed by atoms with Crippen LogP contribution in [0.5, 0.6) is 0 Å². The summed E-state index contributed by atoms with van der Waals surface area (Å²) in [5, 5.41) is 25.0. The molecule has 0 heterocycles. The maximum Gasteiger partial charge on any atom is 2.00 e. The SMILES string of the molecule is NC(CO)(CO)CO.[Ca+2].[H-].[H-]. The summed E-state index contributed by atoms with van der Waals surface area (Å²) in [6, 6.07) is 0. The summed E-state index contributed by atoms with van der Waals surface area (Å²) in [7, 11) is 0. The third kappa shape index (κ3) is 4.50. The average Bonchev–Trinajstić information content (AvgIpc) is 1.87. The average molecular weight is 163 g/mol. The molecule has 0 saturated carbocycles. The molecule has 0 fully saturated rings. The van der Waals surface area contributed by atoms with E-state index in [0.29, 0.717) is 0 Å². The minimum atomic E-state index is -1.21. The van der Waals surface area contributed by atoms with E-state index in [4.69, 9.17) is 21.1 Å². The van der Waals surface area contributed by atoms with Crippen LogP contribution in [0.1, 0.15) is 2.85 Å². The molecule has 9 heavy (non-hydrogen) atoms. The van der Waals surface area contributed by atoms with Gasteiger partial charge in [-0.2, -0.15) is 0 Å². The monoisotopic (exact) mass is 163 g/mol. The van der Waals surface area contributed by atoms with Crippen molar-refractivity contribution in [3.05, 3.63) is 0 Å². The van der Waals surface area contributed by atoms with Gasteiger partial charge in [-0.25, -0.2) is 0 Å². The molecule has 0 aromatic carbocycles. The summed E-state index contributed by atoms with van der Waals surface area (Å²) in [6.07, 6.45) is 0. The second kappa shape index (κ2) is 5.85. The van der Waals surface area contributed by atoms with Crippen LogP contribution in [0.2, 0.25) is 0 Å². The first-order valence-electron chi connectivity index (χ1n) is 2.30. The molecule has 0 aromatic heterocycles. The Bertz CT molecular complexity index is 66.1. The largest absolute Gasteiger partial charge is 2.00 e. The molecule has 0 atom stereocenters. The molecule has 54 valence electrons. The first kappa shape index (κ1) is 12.7. The van der Waals surface area contributed by atoms with Gasteiger partial charge in [0.05, 0.1) is 25.4 Å². The van der Waals surface area contributed by atoms with Crippen LogP contribution < -0.4 is 5.73 Å². The Labute approximate surface area is 86.6 Å². The molecule has 0 bridgehead atoms. The second-order valence-electron chi connectivity index (χ2n) is 1.84. The Morgan fingerprint density at radius 2 is 1.33 bits per heavy atom. The summed E-state index contributed by atoms with van der Waals surface area (Å²) >= 11 is 0. The quantitative estimate of drug-likeness (QED) is 0.347. The number of rotatable bonds is 3. The molecular weight excluding hydrogens is 150 g/mol. The van der Waals surface area contributed by atoms with Crippen LogP contribution in [0.15, 0.2) is 0 Å². The molecule has 0 aromatic rings. The zero-order chi connectivity index (χ0) is 6.62. The Morgan fingerprint density at radius 1 is 1.11 bits per heavy atom. The molecule has 4 nitrogen and oxygen atoms in total. The van der Waals surface area contributed by atoms with E-state index in [2.05, 4.69) is 0 Å². The molecule has 0 saturated heterocycles. The molecule has 0 amide bonds. The van der Waals surface area contributed by atoms with Gasteiger partial charge >= 0.3 is 37.7 Å². The Balaban J connectivity index is -0.0000000817. The fourth-order valence-corrected chi connectivity index (χ4v) is 0.150. The van der Waals surface area contributed by atoms with Gasteiger partial charge in [0.15, 0.2) is 0 Å². The third-order valence-corrected chi connectivity index (χ3v) is 0.945. The summed E-state index contributed by atoms with van der Waals surface area (Å²) in [5.41, 5.74) is 3.94. The zero-order valence-electron chi connectivity index (χ0n) is 7.25. The second-order valence-corrected chi connectivity index (χ2v) is 1.84. The van der Waals surface area contributed by atoms with Crippen LogP contribution in [0.4, 0.5) is 0 Å². The van der Waals surface area contributed by atoms with Crippen LogP contribution in [-0.2, 0) is 0 Å². The predicted molar refractivity (Wildman–Crippen MR) is 36.2 cm³/mol. The van der Waals surface area contributed by atoms with E-state index in [1.54, 1.807) is 0 Å².